The van der Waals surface area contributed by atoms with Crippen LogP contribution in [-0.4, -0.2) is 9.13 Å². The lowest BCUT2D eigenvalue weighted by Crippen LogP contribution is -1.98. The van der Waals surface area contributed by atoms with Crippen molar-refractivity contribution in [3.8, 4) is 44.8 Å². The predicted molar refractivity (Wildman–Crippen MR) is 211 cm³/mol. The highest BCUT2D eigenvalue weighted by Gasteiger charge is 2.21. The number of fused-ring (bicyclic) bond motifs is 7. The Bertz CT molecular complexity index is 2820. The third-order valence-corrected chi connectivity index (χ3v) is 10.1. The highest BCUT2D eigenvalue weighted by molar-refractivity contribution is 6.24. The minimum atomic E-state index is 1.14. The van der Waals surface area contributed by atoms with Crippen molar-refractivity contribution in [1.29, 1.82) is 0 Å². The first kappa shape index (κ1) is 28.4. The molecule has 10 rings (SSSR count). The van der Waals surface area contributed by atoms with E-state index in [4.69, 9.17) is 0 Å². The Kier molecular flexibility index (Phi) is 6.53. The van der Waals surface area contributed by atoms with Crippen molar-refractivity contribution in [3.63, 3.8) is 0 Å². The molecular weight excluding hydrogens is 605 g/mol. The minimum Gasteiger partial charge on any atom is -0.307 e. The molecule has 0 saturated heterocycles. The zero-order chi connectivity index (χ0) is 33.0. The number of para-hydroxylation sites is 2. The average molecular weight is 637 g/mol. The Balaban J connectivity index is 1.25. The van der Waals surface area contributed by atoms with Crippen molar-refractivity contribution in [2.24, 2.45) is 0 Å². The molecule has 2 heterocycles. The van der Waals surface area contributed by atoms with Gasteiger partial charge in [0.25, 0.3) is 0 Å². The molecule has 0 aliphatic rings. The van der Waals surface area contributed by atoms with Gasteiger partial charge in [-0.05, 0) is 81.9 Å². The highest BCUT2D eigenvalue weighted by Crippen LogP contribution is 2.42. The Morgan fingerprint density at radius 2 is 0.680 bits per heavy atom. The lowest BCUT2D eigenvalue weighted by atomic mass is 9.99. The molecule has 0 aliphatic heterocycles. The van der Waals surface area contributed by atoms with Gasteiger partial charge in [0, 0.05) is 32.9 Å². The van der Waals surface area contributed by atoms with Crippen LogP contribution in [0.2, 0.25) is 0 Å². The fourth-order valence-corrected chi connectivity index (χ4v) is 7.79. The Labute approximate surface area is 290 Å². The maximum absolute atomic E-state index is 2.48. The van der Waals surface area contributed by atoms with Gasteiger partial charge in [-0.15, -0.1) is 0 Å². The number of hydrogen-bond donors (Lipinski definition) is 0. The summed E-state index contributed by atoms with van der Waals surface area (Å²) in [6.07, 6.45) is 0. The minimum absolute atomic E-state index is 1.14. The zero-order valence-electron chi connectivity index (χ0n) is 27.4. The van der Waals surface area contributed by atoms with Gasteiger partial charge in [0.05, 0.1) is 22.1 Å². The molecule has 0 radical (unpaired) electrons. The average Bonchev–Trinajstić information content (AvgIpc) is 3.72. The smallest absolute Gasteiger partial charge is 0.0788 e. The van der Waals surface area contributed by atoms with E-state index < -0.39 is 0 Å². The molecule has 2 heteroatoms. The molecule has 0 amide bonds. The van der Waals surface area contributed by atoms with Crippen LogP contribution >= 0.6 is 0 Å². The van der Waals surface area contributed by atoms with E-state index in [9.17, 15) is 0 Å². The van der Waals surface area contributed by atoms with Gasteiger partial charge in [-0.25, -0.2) is 0 Å². The second-order valence-electron chi connectivity index (χ2n) is 13.0. The molecule has 50 heavy (non-hydrogen) atoms. The maximum atomic E-state index is 2.48. The molecule has 0 bridgehead atoms. The summed E-state index contributed by atoms with van der Waals surface area (Å²) < 4.78 is 4.92. The number of rotatable bonds is 5. The van der Waals surface area contributed by atoms with Gasteiger partial charge in [0.2, 0.25) is 0 Å². The number of hydrogen-bond acceptors (Lipinski definition) is 0. The van der Waals surface area contributed by atoms with Gasteiger partial charge >= 0.3 is 0 Å². The van der Waals surface area contributed by atoms with Crippen LogP contribution in [0.1, 0.15) is 0 Å². The maximum Gasteiger partial charge on any atom is 0.0788 e. The fraction of sp³-hybridized carbons (Fsp3) is 0. The summed E-state index contributed by atoms with van der Waals surface area (Å²) in [4.78, 5) is 0. The normalized spacial score (nSPS) is 11.6. The second-order valence-corrected chi connectivity index (χ2v) is 13.0. The molecule has 2 nitrogen and oxygen atoms in total. The monoisotopic (exact) mass is 636 g/mol. The Hall–Kier alpha value is -6.64. The molecule has 10 aromatic rings. The van der Waals surface area contributed by atoms with Gasteiger partial charge in [0.15, 0.2) is 0 Å². The first-order valence-electron chi connectivity index (χ1n) is 17.2. The second kappa shape index (κ2) is 11.5. The SMILES string of the molecule is c1ccc(-c2cccc(-c3ccc(-n4c5ccc(-c6ccccc6)cc5c5ccc6c7ccccc7n(-c7ccccc7)c6c54)cc3)c2)cc1. The van der Waals surface area contributed by atoms with Gasteiger partial charge in [0.1, 0.15) is 0 Å². The quantitative estimate of drug-likeness (QED) is 0.178. The van der Waals surface area contributed by atoms with Crippen LogP contribution in [0.4, 0.5) is 0 Å². The van der Waals surface area contributed by atoms with E-state index in [0.29, 0.717) is 0 Å². The molecule has 0 unspecified atom stereocenters. The van der Waals surface area contributed by atoms with E-state index in [1.54, 1.807) is 0 Å². The Morgan fingerprint density at radius 1 is 0.240 bits per heavy atom. The number of nitrogens with zero attached hydrogens (tertiary/aromatic N) is 2. The molecule has 8 aromatic carbocycles. The number of aromatic nitrogens is 2. The zero-order valence-corrected chi connectivity index (χ0v) is 27.4. The van der Waals surface area contributed by atoms with Crippen molar-refractivity contribution in [2.45, 2.75) is 0 Å². The molecule has 0 atom stereocenters. The van der Waals surface area contributed by atoms with Gasteiger partial charge in [-0.3, -0.25) is 0 Å². The van der Waals surface area contributed by atoms with Crippen molar-refractivity contribution in [3.05, 3.63) is 194 Å². The molecule has 234 valence electrons. The predicted octanol–water partition coefficient (Wildman–Crippen LogP) is 12.9. The van der Waals surface area contributed by atoms with E-state index in [0.717, 1.165) is 11.4 Å². The third kappa shape index (κ3) is 4.50. The van der Waals surface area contributed by atoms with Crippen LogP contribution in [0.5, 0.6) is 0 Å². The summed E-state index contributed by atoms with van der Waals surface area (Å²) in [5.74, 6) is 0. The Morgan fingerprint density at radius 3 is 1.32 bits per heavy atom. The summed E-state index contributed by atoms with van der Waals surface area (Å²) in [6.45, 7) is 0. The standard InChI is InChI=1S/C48H32N2/c1-4-13-33(14-5-1)36-17-12-18-37(31-36)35-23-26-40(27-24-35)50-46-30-25-38(34-15-6-2-7-16-34)32-44(46)43-29-28-42-41-21-10-11-22-45(41)49(47(42)48(43)50)39-19-8-3-9-20-39/h1-32H. The summed E-state index contributed by atoms with van der Waals surface area (Å²) in [7, 11) is 0. The van der Waals surface area contributed by atoms with Gasteiger partial charge < -0.3 is 9.13 Å². The molecular formula is C48H32N2. The van der Waals surface area contributed by atoms with Crippen LogP contribution in [0.25, 0.3) is 88.4 Å². The van der Waals surface area contributed by atoms with Crippen molar-refractivity contribution < 1.29 is 0 Å². The van der Waals surface area contributed by atoms with Crippen LogP contribution in [0.3, 0.4) is 0 Å². The lowest BCUT2D eigenvalue weighted by Gasteiger charge is -2.13. The molecule has 0 N–H and O–H groups in total. The van der Waals surface area contributed by atoms with E-state index in [1.165, 1.54) is 77.0 Å². The lowest BCUT2D eigenvalue weighted by molar-refractivity contribution is 1.15. The van der Waals surface area contributed by atoms with E-state index >= 15 is 0 Å². The van der Waals surface area contributed by atoms with Crippen molar-refractivity contribution >= 4 is 43.6 Å². The highest BCUT2D eigenvalue weighted by atomic mass is 15.0. The van der Waals surface area contributed by atoms with Crippen molar-refractivity contribution in [2.75, 3.05) is 0 Å². The van der Waals surface area contributed by atoms with Crippen molar-refractivity contribution in [1.82, 2.24) is 9.13 Å². The van der Waals surface area contributed by atoms with Gasteiger partial charge in [-0.2, -0.15) is 0 Å². The molecule has 0 saturated carbocycles. The first-order valence-corrected chi connectivity index (χ1v) is 17.2. The summed E-state index contributed by atoms with van der Waals surface area (Å²) in [5.41, 5.74) is 14.4. The molecule has 0 spiro atoms. The van der Waals surface area contributed by atoms with Crippen LogP contribution in [0.15, 0.2) is 194 Å². The topological polar surface area (TPSA) is 9.86 Å². The summed E-state index contributed by atoms with van der Waals surface area (Å²) in [6, 6.07) is 70.4. The van der Waals surface area contributed by atoms with E-state index in [2.05, 4.69) is 203 Å². The largest absolute Gasteiger partial charge is 0.307 e. The molecule has 2 aromatic heterocycles. The molecule has 0 aliphatic carbocycles. The molecule has 0 fully saturated rings. The van der Waals surface area contributed by atoms with E-state index in [-0.39, 0.29) is 0 Å². The number of benzene rings is 8. The third-order valence-electron chi connectivity index (χ3n) is 10.1. The summed E-state index contributed by atoms with van der Waals surface area (Å²) in [5, 5.41) is 4.99. The van der Waals surface area contributed by atoms with Crippen LogP contribution in [-0.2, 0) is 0 Å². The first-order chi connectivity index (χ1) is 24.8. The van der Waals surface area contributed by atoms with Crippen LogP contribution < -0.4 is 0 Å². The van der Waals surface area contributed by atoms with Gasteiger partial charge in [-0.1, -0.05) is 146 Å². The summed E-state index contributed by atoms with van der Waals surface area (Å²) >= 11 is 0. The fourth-order valence-electron chi connectivity index (χ4n) is 7.79. The van der Waals surface area contributed by atoms with Crippen LogP contribution in [0, 0.1) is 0 Å². The van der Waals surface area contributed by atoms with E-state index in [1.807, 2.05) is 0 Å².